The lowest BCUT2D eigenvalue weighted by Gasteiger charge is -2.43. The summed E-state index contributed by atoms with van der Waals surface area (Å²) < 4.78 is 5.31. The van der Waals surface area contributed by atoms with Gasteiger partial charge in [-0.1, -0.05) is 20.8 Å². The van der Waals surface area contributed by atoms with E-state index in [2.05, 4.69) is 20.8 Å². The summed E-state index contributed by atoms with van der Waals surface area (Å²) in [5.74, 6) is 1.55. The van der Waals surface area contributed by atoms with Gasteiger partial charge in [0, 0.05) is 17.4 Å². The highest BCUT2D eigenvalue weighted by Gasteiger charge is 2.59. The SMILES string of the molecule is COC1=CC(=O)[C@]2(C)CC[C@@H]1C2(C)C. The first-order chi connectivity index (χ1) is 6.43. The molecule has 2 bridgehead atoms. The zero-order valence-corrected chi connectivity index (χ0v) is 9.39. The Bertz CT molecular complexity index is 314. The number of carbonyl (C=O) groups excluding carboxylic acids is 1. The molecule has 0 amide bonds. The van der Waals surface area contributed by atoms with Crippen LogP contribution in [-0.2, 0) is 9.53 Å². The van der Waals surface area contributed by atoms with Gasteiger partial charge in [-0.15, -0.1) is 0 Å². The maximum Gasteiger partial charge on any atom is 0.165 e. The number of allylic oxidation sites excluding steroid dienone is 2. The Labute approximate surface area is 85.3 Å². The van der Waals surface area contributed by atoms with Crippen molar-refractivity contribution in [1.29, 1.82) is 0 Å². The molecule has 0 aromatic heterocycles. The molecule has 2 aliphatic carbocycles. The van der Waals surface area contributed by atoms with Crippen LogP contribution in [0.25, 0.3) is 0 Å². The second kappa shape index (κ2) is 2.62. The van der Waals surface area contributed by atoms with Crippen molar-refractivity contribution in [3.8, 4) is 0 Å². The number of fused-ring (bicyclic) bond motifs is 2. The van der Waals surface area contributed by atoms with E-state index in [1.807, 2.05) is 0 Å². The van der Waals surface area contributed by atoms with Gasteiger partial charge in [0.15, 0.2) is 5.78 Å². The lowest BCUT2D eigenvalue weighted by atomic mass is 9.60. The molecule has 2 atom stereocenters. The van der Waals surface area contributed by atoms with Crippen LogP contribution in [0.2, 0.25) is 0 Å². The number of methoxy groups -OCH3 is 1. The Balaban J connectivity index is 2.53. The van der Waals surface area contributed by atoms with E-state index in [1.165, 1.54) is 0 Å². The molecule has 0 aromatic carbocycles. The van der Waals surface area contributed by atoms with E-state index in [-0.39, 0.29) is 16.6 Å². The molecule has 14 heavy (non-hydrogen) atoms. The van der Waals surface area contributed by atoms with Gasteiger partial charge >= 0.3 is 0 Å². The molecule has 0 spiro atoms. The molecule has 2 aliphatic rings. The van der Waals surface area contributed by atoms with Crippen LogP contribution in [0.3, 0.4) is 0 Å². The number of rotatable bonds is 1. The molecule has 2 heteroatoms. The predicted octanol–water partition coefficient (Wildman–Crippen LogP) is 2.54. The lowest BCUT2D eigenvalue weighted by Crippen LogP contribution is -2.43. The molecule has 0 saturated heterocycles. The fourth-order valence-corrected chi connectivity index (χ4v) is 3.03. The maximum absolute atomic E-state index is 12.0. The van der Waals surface area contributed by atoms with Crippen molar-refractivity contribution in [3.05, 3.63) is 11.8 Å². The maximum atomic E-state index is 12.0. The summed E-state index contributed by atoms with van der Waals surface area (Å²) in [5, 5.41) is 0. The molecule has 0 heterocycles. The topological polar surface area (TPSA) is 26.3 Å². The standard InChI is InChI=1S/C12H18O2/c1-11(2)8-5-6-12(11,3)10(13)7-9(8)14-4/h7-8H,5-6H2,1-4H3/t8-,12-/m0/s1. The first-order valence-electron chi connectivity index (χ1n) is 5.23. The molecular formula is C12H18O2. The normalized spacial score (nSPS) is 39.6. The average Bonchev–Trinajstić information content (AvgIpc) is 2.29. The van der Waals surface area contributed by atoms with Crippen LogP contribution in [-0.4, -0.2) is 12.9 Å². The van der Waals surface area contributed by atoms with E-state index >= 15 is 0 Å². The summed E-state index contributed by atoms with van der Waals surface area (Å²) in [6, 6.07) is 0. The minimum Gasteiger partial charge on any atom is -0.501 e. The van der Waals surface area contributed by atoms with E-state index in [1.54, 1.807) is 13.2 Å². The van der Waals surface area contributed by atoms with E-state index in [9.17, 15) is 4.79 Å². The van der Waals surface area contributed by atoms with E-state index in [0.29, 0.717) is 5.92 Å². The Morgan fingerprint density at radius 3 is 2.64 bits per heavy atom. The molecule has 0 aromatic rings. The Morgan fingerprint density at radius 1 is 1.43 bits per heavy atom. The van der Waals surface area contributed by atoms with E-state index in [0.717, 1.165) is 18.6 Å². The van der Waals surface area contributed by atoms with Crippen molar-refractivity contribution in [2.45, 2.75) is 33.6 Å². The fraction of sp³-hybridized carbons (Fsp3) is 0.750. The lowest BCUT2D eigenvalue weighted by molar-refractivity contribution is -0.130. The van der Waals surface area contributed by atoms with Gasteiger partial charge in [-0.3, -0.25) is 4.79 Å². The third kappa shape index (κ3) is 0.891. The van der Waals surface area contributed by atoms with Crippen molar-refractivity contribution in [2.75, 3.05) is 7.11 Å². The number of hydrogen-bond donors (Lipinski definition) is 0. The van der Waals surface area contributed by atoms with Gasteiger partial charge in [0.1, 0.15) is 5.76 Å². The van der Waals surface area contributed by atoms with Gasteiger partial charge < -0.3 is 4.74 Å². The summed E-state index contributed by atoms with van der Waals surface area (Å²) in [6.45, 7) is 6.47. The Morgan fingerprint density at radius 2 is 2.07 bits per heavy atom. The van der Waals surface area contributed by atoms with Crippen LogP contribution in [0, 0.1) is 16.7 Å². The highest BCUT2D eigenvalue weighted by molar-refractivity contribution is 5.97. The summed E-state index contributed by atoms with van der Waals surface area (Å²) in [6.07, 6.45) is 3.78. The number of ether oxygens (including phenoxy) is 1. The van der Waals surface area contributed by atoms with Gasteiger partial charge in [-0.2, -0.15) is 0 Å². The van der Waals surface area contributed by atoms with Gasteiger partial charge in [-0.25, -0.2) is 0 Å². The van der Waals surface area contributed by atoms with Crippen LogP contribution in [0.1, 0.15) is 33.6 Å². The molecular weight excluding hydrogens is 176 g/mol. The molecule has 0 radical (unpaired) electrons. The van der Waals surface area contributed by atoms with Crippen molar-refractivity contribution >= 4 is 5.78 Å². The van der Waals surface area contributed by atoms with Gasteiger partial charge in [0.2, 0.25) is 0 Å². The summed E-state index contributed by atoms with van der Waals surface area (Å²) in [7, 11) is 1.66. The summed E-state index contributed by atoms with van der Waals surface area (Å²) in [5.41, 5.74) is -0.121. The minimum absolute atomic E-state index is 0.0458. The van der Waals surface area contributed by atoms with Crippen molar-refractivity contribution in [3.63, 3.8) is 0 Å². The second-order valence-electron chi connectivity index (χ2n) is 5.26. The van der Waals surface area contributed by atoms with Crippen LogP contribution in [0.5, 0.6) is 0 Å². The number of carbonyl (C=O) groups is 1. The molecule has 0 unspecified atom stereocenters. The molecule has 2 nitrogen and oxygen atoms in total. The fourth-order valence-electron chi connectivity index (χ4n) is 3.03. The van der Waals surface area contributed by atoms with Gasteiger partial charge in [0.25, 0.3) is 0 Å². The van der Waals surface area contributed by atoms with Crippen LogP contribution in [0.4, 0.5) is 0 Å². The second-order valence-corrected chi connectivity index (χ2v) is 5.26. The highest BCUT2D eigenvalue weighted by Crippen LogP contribution is 2.61. The molecule has 0 N–H and O–H groups in total. The summed E-state index contributed by atoms with van der Waals surface area (Å²) >= 11 is 0. The molecule has 0 aliphatic heterocycles. The first kappa shape index (κ1) is 9.75. The van der Waals surface area contributed by atoms with Crippen molar-refractivity contribution in [1.82, 2.24) is 0 Å². The van der Waals surface area contributed by atoms with Crippen LogP contribution >= 0.6 is 0 Å². The van der Waals surface area contributed by atoms with Crippen molar-refractivity contribution in [2.24, 2.45) is 16.7 Å². The monoisotopic (exact) mass is 194 g/mol. The van der Waals surface area contributed by atoms with E-state index < -0.39 is 0 Å². The third-order valence-corrected chi connectivity index (χ3v) is 4.62. The van der Waals surface area contributed by atoms with E-state index in [4.69, 9.17) is 4.74 Å². The first-order valence-corrected chi connectivity index (χ1v) is 5.23. The highest BCUT2D eigenvalue weighted by atomic mass is 16.5. The predicted molar refractivity (Wildman–Crippen MR) is 54.7 cm³/mol. The van der Waals surface area contributed by atoms with Crippen LogP contribution in [0.15, 0.2) is 11.8 Å². The number of ketones is 1. The van der Waals surface area contributed by atoms with Gasteiger partial charge in [-0.05, 0) is 18.3 Å². The summed E-state index contributed by atoms with van der Waals surface area (Å²) in [4.78, 5) is 12.0. The average molecular weight is 194 g/mol. The zero-order chi connectivity index (χ0) is 10.6. The minimum atomic E-state index is -0.167. The third-order valence-electron chi connectivity index (χ3n) is 4.62. The van der Waals surface area contributed by atoms with Crippen molar-refractivity contribution < 1.29 is 9.53 Å². The smallest absolute Gasteiger partial charge is 0.165 e. The molecule has 2 rings (SSSR count). The number of hydrogen-bond acceptors (Lipinski definition) is 2. The van der Waals surface area contributed by atoms with Gasteiger partial charge in [0.05, 0.1) is 7.11 Å². The molecule has 1 fully saturated rings. The largest absolute Gasteiger partial charge is 0.501 e. The molecule has 1 saturated carbocycles. The zero-order valence-electron chi connectivity index (χ0n) is 9.39. The Hall–Kier alpha value is -0.790. The quantitative estimate of drug-likeness (QED) is 0.641. The molecule has 78 valence electrons. The Kier molecular flexibility index (Phi) is 1.82. The van der Waals surface area contributed by atoms with Crippen LogP contribution < -0.4 is 0 Å².